The fraction of sp³-hybridized carbons (Fsp3) is 0.286. The number of Topliss-reactive ketones (excluding diaryl/α,β-unsaturated/α-hetero) is 1. The summed E-state index contributed by atoms with van der Waals surface area (Å²) in [4.78, 5) is 12.5. The van der Waals surface area contributed by atoms with Crippen molar-refractivity contribution in [1.29, 1.82) is 0 Å². The zero-order valence-corrected chi connectivity index (χ0v) is 11.6. The molecule has 0 saturated heterocycles. The predicted molar refractivity (Wildman–Crippen MR) is 72.6 cm³/mol. The zero-order chi connectivity index (χ0) is 12.7. The van der Waals surface area contributed by atoms with Gasteiger partial charge in [0.05, 0.1) is 10.7 Å². The Balaban J connectivity index is 1.89. The van der Waals surface area contributed by atoms with Crippen molar-refractivity contribution in [3.63, 3.8) is 0 Å². The van der Waals surface area contributed by atoms with E-state index in [9.17, 15) is 4.79 Å². The summed E-state index contributed by atoms with van der Waals surface area (Å²) in [6, 6.07) is 8.29. The van der Waals surface area contributed by atoms with Crippen LogP contribution in [0.25, 0.3) is 0 Å². The maximum atomic E-state index is 12.5. The van der Waals surface area contributed by atoms with E-state index < -0.39 is 0 Å². The van der Waals surface area contributed by atoms with Gasteiger partial charge in [0.15, 0.2) is 5.78 Å². The highest BCUT2D eigenvalue weighted by Gasteiger charge is 2.30. The van der Waals surface area contributed by atoms with Gasteiger partial charge in [-0.1, -0.05) is 24.3 Å². The summed E-state index contributed by atoms with van der Waals surface area (Å²) >= 11 is 3.40. The van der Waals surface area contributed by atoms with Crippen LogP contribution in [-0.4, -0.2) is 15.6 Å². The first-order chi connectivity index (χ1) is 8.66. The molecule has 1 aromatic carbocycles. The fourth-order valence-electron chi connectivity index (χ4n) is 2.63. The Morgan fingerprint density at radius 2 is 1.94 bits per heavy atom. The van der Waals surface area contributed by atoms with Crippen molar-refractivity contribution in [2.75, 3.05) is 0 Å². The van der Waals surface area contributed by atoms with Crippen LogP contribution in [0.5, 0.6) is 0 Å². The topological polar surface area (TPSA) is 34.9 Å². The fourth-order valence-corrected chi connectivity index (χ4v) is 3.17. The molecule has 0 saturated carbocycles. The Morgan fingerprint density at radius 3 is 2.44 bits per heavy atom. The molecule has 4 heteroatoms. The molecule has 18 heavy (non-hydrogen) atoms. The third-order valence-electron chi connectivity index (χ3n) is 3.55. The minimum atomic E-state index is 0.0501. The summed E-state index contributed by atoms with van der Waals surface area (Å²) in [5.74, 6) is 0.229. The minimum Gasteiger partial charge on any atom is -0.292 e. The van der Waals surface area contributed by atoms with Crippen molar-refractivity contribution in [2.45, 2.75) is 12.8 Å². The van der Waals surface area contributed by atoms with Crippen molar-refractivity contribution in [2.24, 2.45) is 13.0 Å². The Morgan fingerprint density at radius 1 is 1.33 bits per heavy atom. The van der Waals surface area contributed by atoms with Crippen molar-refractivity contribution >= 4 is 21.7 Å². The molecule has 92 valence electrons. The van der Waals surface area contributed by atoms with Crippen molar-refractivity contribution in [1.82, 2.24) is 9.78 Å². The minimum absolute atomic E-state index is 0.0501. The van der Waals surface area contributed by atoms with Crippen LogP contribution in [0.1, 0.15) is 21.6 Å². The molecule has 0 fully saturated rings. The number of carbonyl (C=O) groups is 1. The molecular weight excluding hydrogens is 292 g/mol. The summed E-state index contributed by atoms with van der Waals surface area (Å²) in [6.07, 6.45) is 3.36. The highest BCUT2D eigenvalue weighted by Crippen LogP contribution is 2.30. The first-order valence-electron chi connectivity index (χ1n) is 5.95. The first kappa shape index (κ1) is 11.7. The monoisotopic (exact) mass is 304 g/mol. The van der Waals surface area contributed by atoms with Crippen LogP contribution in [0.15, 0.2) is 34.9 Å². The molecule has 2 aromatic rings. The standard InChI is InChI=1S/C14H13BrN2O/c1-17-13(12(15)8-16-17)14(18)11-6-9-4-2-3-5-10(9)7-11/h2-5,8,11H,6-7H2,1H3. The van der Waals surface area contributed by atoms with Crippen LogP contribution in [-0.2, 0) is 19.9 Å². The van der Waals surface area contributed by atoms with E-state index in [0.29, 0.717) is 5.69 Å². The molecule has 3 nitrogen and oxygen atoms in total. The highest BCUT2D eigenvalue weighted by atomic mass is 79.9. The quantitative estimate of drug-likeness (QED) is 0.800. The van der Waals surface area contributed by atoms with Gasteiger partial charge in [0.2, 0.25) is 0 Å². The molecule has 1 aliphatic carbocycles. The molecular formula is C14H13BrN2O. The molecule has 0 N–H and O–H groups in total. The Labute approximate surface area is 114 Å². The molecule has 0 bridgehead atoms. The Hall–Kier alpha value is -1.42. The number of benzene rings is 1. The van der Waals surface area contributed by atoms with Gasteiger partial charge >= 0.3 is 0 Å². The first-order valence-corrected chi connectivity index (χ1v) is 6.74. The van der Waals surface area contributed by atoms with Gasteiger partial charge in [0.25, 0.3) is 0 Å². The van der Waals surface area contributed by atoms with E-state index in [0.717, 1.165) is 17.3 Å². The number of hydrogen-bond acceptors (Lipinski definition) is 2. The van der Waals surface area contributed by atoms with E-state index in [2.05, 4.69) is 33.2 Å². The Bertz CT molecular complexity index is 574. The van der Waals surface area contributed by atoms with Crippen LogP contribution in [0.2, 0.25) is 0 Å². The lowest BCUT2D eigenvalue weighted by atomic mass is 9.98. The molecule has 1 aromatic heterocycles. The molecule has 0 unspecified atom stereocenters. The highest BCUT2D eigenvalue weighted by molar-refractivity contribution is 9.10. The molecule has 1 heterocycles. The van der Waals surface area contributed by atoms with Gasteiger partial charge in [0, 0.05) is 13.0 Å². The molecule has 0 amide bonds. The molecule has 0 radical (unpaired) electrons. The van der Waals surface area contributed by atoms with E-state index in [4.69, 9.17) is 0 Å². The SMILES string of the molecule is Cn1ncc(Br)c1C(=O)C1Cc2ccccc2C1. The average molecular weight is 305 g/mol. The number of aryl methyl sites for hydroxylation is 1. The number of fused-ring (bicyclic) bond motifs is 1. The van der Waals surface area contributed by atoms with Crippen LogP contribution < -0.4 is 0 Å². The third kappa shape index (κ3) is 1.81. The molecule has 3 rings (SSSR count). The normalized spacial score (nSPS) is 14.8. The molecule has 0 aliphatic heterocycles. The number of halogens is 1. The largest absolute Gasteiger partial charge is 0.292 e. The van der Waals surface area contributed by atoms with Crippen LogP contribution in [0.4, 0.5) is 0 Å². The van der Waals surface area contributed by atoms with Gasteiger partial charge in [-0.05, 0) is 39.9 Å². The number of carbonyl (C=O) groups excluding carboxylic acids is 1. The van der Waals surface area contributed by atoms with E-state index in [-0.39, 0.29) is 11.7 Å². The number of nitrogens with zero attached hydrogens (tertiary/aromatic N) is 2. The number of hydrogen-bond donors (Lipinski definition) is 0. The van der Waals surface area contributed by atoms with Crippen LogP contribution >= 0.6 is 15.9 Å². The van der Waals surface area contributed by atoms with Gasteiger partial charge in [-0.3, -0.25) is 9.48 Å². The van der Waals surface area contributed by atoms with E-state index in [1.165, 1.54) is 11.1 Å². The van der Waals surface area contributed by atoms with Gasteiger partial charge in [0.1, 0.15) is 5.69 Å². The summed E-state index contributed by atoms with van der Waals surface area (Å²) in [5.41, 5.74) is 3.27. The average Bonchev–Trinajstić information content (AvgIpc) is 2.92. The number of rotatable bonds is 2. The van der Waals surface area contributed by atoms with Crippen molar-refractivity contribution in [3.05, 3.63) is 51.8 Å². The molecule has 1 aliphatic rings. The van der Waals surface area contributed by atoms with E-state index in [1.807, 2.05) is 12.1 Å². The molecule has 0 atom stereocenters. The summed E-state index contributed by atoms with van der Waals surface area (Å²) < 4.78 is 2.43. The van der Waals surface area contributed by atoms with Gasteiger partial charge < -0.3 is 0 Å². The lowest BCUT2D eigenvalue weighted by Gasteiger charge is -2.08. The summed E-state index contributed by atoms with van der Waals surface area (Å²) in [6.45, 7) is 0. The molecule has 0 spiro atoms. The van der Waals surface area contributed by atoms with Gasteiger partial charge in [-0.15, -0.1) is 0 Å². The second kappa shape index (κ2) is 4.35. The van der Waals surface area contributed by atoms with Crippen molar-refractivity contribution < 1.29 is 4.79 Å². The van der Waals surface area contributed by atoms with Crippen LogP contribution in [0.3, 0.4) is 0 Å². The Kier molecular flexibility index (Phi) is 2.82. The van der Waals surface area contributed by atoms with E-state index in [1.54, 1.807) is 17.9 Å². The third-order valence-corrected chi connectivity index (χ3v) is 4.13. The predicted octanol–water partition coefficient (Wildman–Crippen LogP) is 2.78. The van der Waals surface area contributed by atoms with E-state index >= 15 is 0 Å². The summed E-state index contributed by atoms with van der Waals surface area (Å²) in [5, 5.41) is 4.11. The summed E-state index contributed by atoms with van der Waals surface area (Å²) in [7, 11) is 1.81. The lowest BCUT2D eigenvalue weighted by Crippen LogP contribution is -2.18. The maximum Gasteiger partial charge on any atom is 0.185 e. The second-order valence-electron chi connectivity index (χ2n) is 4.70. The number of aromatic nitrogens is 2. The second-order valence-corrected chi connectivity index (χ2v) is 5.56. The van der Waals surface area contributed by atoms with Gasteiger partial charge in [-0.25, -0.2) is 0 Å². The van der Waals surface area contributed by atoms with Crippen LogP contribution in [0, 0.1) is 5.92 Å². The smallest absolute Gasteiger partial charge is 0.185 e. The zero-order valence-electron chi connectivity index (χ0n) is 10.1. The van der Waals surface area contributed by atoms with Gasteiger partial charge in [-0.2, -0.15) is 5.10 Å². The van der Waals surface area contributed by atoms with Crippen molar-refractivity contribution in [3.8, 4) is 0 Å². The lowest BCUT2D eigenvalue weighted by molar-refractivity contribution is 0.0914. The number of ketones is 1. The maximum absolute atomic E-state index is 12.5.